The van der Waals surface area contributed by atoms with Gasteiger partial charge in [0.2, 0.25) is 0 Å². The largest absolute Gasteiger partial charge is 0.489 e. The Labute approximate surface area is 180 Å². The Morgan fingerprint density at radius 2 is 1.68 bits per heavy atom. The number of carbonyl (C=O) groups excluding carboxylic acids is 1. The van der Waals surface area contributed by atoms with Gasteiger partial charge < -0.3 is 14.0 Å². The van der Waals surface area contributed by atoms with Gasteiger partial charge in [0.25, 0.3) is 0 Å². The summed E-state index contributed by atoms with van der Waals surface area (Å²) in [6.45, 7) is 4.92. The maximum atomic E-state index is 13.8. The first-order valence-electron chi connectivity index (χ1n) is 10.9. The lowest BCUT2D eigenvalue weighted by atomic mass is 9.97. The molecular weight excluding hydrogens is 388 g/mol. The van der Waals surface area contributed by atoms with E-state index in [1.165, 1.54) is 0 Å². The van der Waals surface area contributed by atoms with Crippen molar-refractivity contribution in [3.63, 3.8) is 0 Å². The topological polar surface area (TPSA) is 43.7 Å². The zero-order valence-corrected chi connectivity index (χ0v) is 17.3. The lowest BCUT2D eigenvalue weighted by molar-refractivity contribution is 0.0274. The molecule has 2 aliphatic rings. The van der Waals surface area contributed by atoms with Gasteiger partial charge in [-0.1, -0.05) is 54.6 Å². The molecule has 5 heteroatoms. The molecule has 0 bridgehead atoms. The summed E-state index contributed by atoms with van der Waals surface area (Å²) in [5, 5.41) is 3.03. The number of ether oxygens (including phenoxy) is 2. The van der Waals surface area contributed by atoms with E-state index in [2.05, 4.69) is 9.47 Å². The third-order valence-corrected chi connectivity index (χ3v) is 6.49. The number of carbonyl (C=O) groups is 1. The second kappa shape index (κ2) is 7.52. The molecule has 156 valence electrons. The van der Waals surface area contributed by atoms with Crippen LogP contribution in [0, 0.1) is 0 Å². The smallest absolute Gasteiger partial charge is 0.195 e. The molecule has 31 heavy (non-hydrogen) atoms. The zero-order chi connectivity index (χ0) is 20.8. The summed E-state index contributed by atoms with van der Waals surface area (Å²) in [6.07, 6.45) is 2.05. The van der Waals surface area contributed by atoms with E-state index in [0.717, 1.165) is 71.4 Å². The minimum atomic E-state index is 0.0599. The lowest BCUT2D eigenvalue weighted by Crippen LogP contribution is -2.41. The Balaban J connectivity index is 1.45. The van der Waals surface area contributed by atoms with Crippen molar-refractivity contribution in [3.05, 3.63) is 78.0 Å². The number of aromatic nitrogens is 1. The van der Waals surface area contributed by atoms with E-state index >= 15 is 0 Å². The predicted octanol–water partition coefficient (Wildman–Crippen LogP) is 4.29. The van der Waals surface area contributed by atoms with E-state index in [9.17, 15) is 4.79 Å². The number of ketones is 1. The monoisotopic (exact) mass is 412 g/mol. The number of hydrogen-bond acceptors (Lipinski definition) is 4. The van der Waals surface area contributed by atoms with E-state index < -0.39 is 0 Å². The fourth-order valence-electron chi connectivity index (χ4n) is 4.92. The van der Waals surface area contributed by atoms with E-state index in [1.807, 2.05) is 66.9 Å². The van der Waals surface area contributed by atoms with Crippen molar-refractivity contribution in [2.24, 2.45) is 0 Å². The molecule has 1 saturated heterocycles. The van der Waals surface area contributed by atoms with Crippen LogP contribution in [0.5, 0.6) is 5.75 Å². The highest BCUT2D eigenvalue weighted by Crippen LogP contribution is 2.37. The number of hydrogen-bond donors (Lipinski definition) is 0. The van der Waals surface area contributed by atoms with E-state index in [0.29, 0.717) is 6.61 Å². The van der Waals surface area contributed by atoms with Crippen LogP contribution in [0.25, 0.3) is 21.7 Å². The molecule has 1 atom stereocenters. The molecule has 4 aromatic rings. The fraction of sp³-hybridized carbons (Fsp3) is 0.269. The number of benzene rings is 3. The summed E-state index contributed by atoms with van der Waals surface area (Å²) in [5.74, 6) is 0.914. The van der Waals surface area contributed by atoms with Crippen molar-refractivity contribution >= 4 is 27.5 Å². The molecular formula is C26H24N2O3. The average molecular weight is 412 g/mol. The summed E-state index contributed by atoms with van der Waals surface area (Å²) in [6, 6.07) is 20.2. The standard InChI is InChI=1S/C26H24N2O3/c29-26(22-9-3-6-18-5-1-2-7-20(18)22)23-16-28-19(15-27-11-13-30-14-12-27)17-31-24-10-4-8-21(23)25(24)28/h1-10,16,19H,11-15,17H2. The second-order valence-electron chi connectivity index (χ2n) is 8.34. The molecule has 0 spiro atoms. The van der Waals surface area contributed by atoms with Gasteiger partial charge in [0.15, 0.2) is 5.78 Å². The van der Waals surface area contributed by atoms with E-state index in [1.54, 1.807) is 0 Å². The predicted molar refractivity (Wildman–Crippen MR) is 121 cm³/mol. The van der Waals surface area contributed by atoms with Crippen molar-refractivity contribution < 1.29 is 14.3 Å². The number of rotatable bonds is 4. The van der Waals surface area contributed by atoms with Crippen LogP contribution < -0.4 is 4.74 Å². The van der Waals surface area contributed by atoms with Gasteiger partial charge in [-0.05, 0) is 16.8 Å². The summed E-state index contributed by atoms with van der Waals surface area (Å²) < 4.78 is 13.9. The Kier molecular flexibility index (Phi) is 4.51. The van der Waals surface area contributed by atoms with Crippen LogP contribution in [0.4, 0.5) is 0 Å². The SMILES string of the molecule is O=C(c1cccc2ccccc12)c1cn2c3c(cccc13)OCC2CN1CCOCC1. The second-order valence-corrected chi connectivity index (χ2v) is 8.34. The minimum Gasteiger partial charge on any atom is -0.489 e. The van der Waals surface area contributed by atoms with Gasteiger partial charge in [-0.25, -0.2) is 0 Å². The molecule has 0 aliphatic carbocycles. The van der Waals surface area contributed by atoms with Crippen molar-refractivity contribution in [1.29, 1.82) is 0 Å². The first kappa shape index (κ1) is 18.6. The molecule has 1 fully saturated rings. The molecule has 3 aromatic carbocycles. The summed E-state index contributed by atoms with van der Waals surface area (Å²) >= 11 is 0. The molecule has 2 aliphatic heterocycles. The molecule has 1 unspecified atom stereocenters. The molecule has 1 aromatic heterocycles. The van der Waals surface area contributed by atoms with Gasteiger partial charge in [-0.2, -0.15) is 0 Å². The highest BCUT2D eigenvalue weighted by Gasteiger charge is 2.29. The van der Waals surface area contributed by atoms with Crippen LogP contribution in [-0.4, -0.2) is 54.7 Å². The quantitative estimate of drug-likeness (QED) is 0.469. The van der Waals surface area contributed by atoms with Gasteiger partial charge in [0, 0.05) is 42.3 Å². The van der Waals surface area contributed by atoms with Gasteiger partial charge >= 0.3 is 0 Å². The van der Waals surface area contributed by atoms with E-state index in [-0.39, 0.29) is 11.8 Å². The van der Waals surface area contributed by atoms with Crippen LogP contribution >= 0.6 is 0 Å². The number of fused-ring (bicyclic) bond motifs is 1. The third kappa shape index (κ3) is 3.12. The molecule has 6 rings (SSSR count). The third-order valence-electron chi connectivity index (χ3n) is 6.49. The lowest BCUT2D eigenvalue weighted by Gasteiger charge is -2.33. The Morgan fingerprint density at radius 3 is 2.58 bits per heavy atom. The van der Waals surface area contributed by atoms with Crippen LogP contribution in [0.1, 0.15) is 22.0 Å². The highest BCUT2D eigenvalue weighted by atomic mass is 16.5. The first-order valence-corrected chi connectivity index (χ1v) is 10.9. The van der Waals surface area contributed by atoms with Crippen molar-refractivity contribution in [2.45, 2.75) is 6.04 Å². The van der Waals surface area contributed by atoms with Crippen LogP contribution in [0.15, 0.2) is 66.9 Å². The average Bonchev–Trinajstić information content (AvgIpc) is 3.22. The van der Waals surface area contributed by atoms with Crippen molar-refractivity contribution in [2.75, 3.05) is 39.5 Å². The highest BCUT2D eigenvalue weighted by molar-refractivity contribution is 6.21. The summed E-state index contributed by atoms with van der Waals surface area (Å²) in [4.78, 5) is 16.2. The molecule has 0 N–H and O–H groups in total. The van der Waals surface area contributed by atoms with Crippen molar-refractivity contribution in [1.82, 2.24) is 9.47 Å². The first-order chi connectivity index (χ1) is 15.3. The zero-order valence-electron chi connectivity index (χ0n) is 17.3. The van der Waals surface area contributed by atoms with Crippen LogP contribution in [0.3, 0.4) is 0 Å². The maximum Gasteiger partial charge on any atom is 0.195 e. The number of para-hydroxylation sites is 1. The maximum absolute atomic E-state index is 13.8. The molecule has 0 radical (unpaired) electrons. The van der Waals surface area contributed by atoms with Crippen molar-refractivity contribution in [3.8, 4) is 5.75 Å². The van der Waals surface area contributed by atoms with Crippen LogP contribution in [0.2, 0.25) is 0 Å². The molecule has 3 heterocycles. The normalized spacial score (nSPS) is 18.9. The number of nitrogens with zero attached hydrogens (tertiary/aromatic N) is 2. The van der Waals surface area contributed by atoms with Gasteiger partial charge in [0.05, 0.1) is 24.8 Å². The fourth-order valence-corrected chi connectivity index (χ4v) is 4.92. The molecule has 0 saturated carbocycles. The number of morpholine rings is 1. The minimum absolute atomic E-state index is 0.0599. The Hall–Kier alpha value is -3.15. The van der Waals surface area contributed by atoms with Gasteiger partial charge in [0.1, 0.15) is 12.4 Å². The molecule has 5 nitrogen and oxygen atoms in total. The summed E-state index contributed by atoms with van der Waals surface area (Å²) in [7, 11) is 0. The van der Waals surface area contributed by atoms with E-state index in [4.69, 9.17) is 9.47 Å². The van der Waals surface area contributed by atoms with Gasteiger partial charge in [-0.3, -0.25) is 9.69 Å². The van der Waals surface area contributed by atoms with Gasteiger partial charge in [-0.15, -0.1) is 0 Å². The Morgan fingerprint density at radius 1 is 0.903 bits per heavy atom. The van der Waals surface area contributed by atoms with Crippen LogP contribution in [-0.2, 0) is 4.74 Å². The Bertz CT molecular complexity index is 1280. The molecule has 0 amide bonds. The summed E-state index contributed by atoms with van der Waals surface area (Å²) in [5.41, 5.74) is 2.51.